The molecule has 0 saturated heterocycles. The van der Waals surface area contributed by atoms with Gasteiger partial charge in [0.05, 0.1) is 12.1 Å². The number of nitrogens with zero attached hydrogens (tertiary/aromatic N) is 1. The topological polar surface area (TPSA) is 56.7 Å². The minimum atomic E-state index is -0.197. The molecule has 0 spiro atoms. The summed E-state index contributed by atoms with van der Waals surface area (Å²) in [6.45, 7) is 5.61. The van der Waals surface area contributed by atoms with Crippen molar-refractivity contribution in [1.29, 1.82) is 0 Å². The van der Waals surface area contributed by atoms with Gasteiger partial charge < -0.3 is 15.7 Å². The lowest BCUT2D eigenvalue weighted by atomic mass is 10.1. The van der Waals surface area contributed by atoms with Crippen LogP contribution in [0.2, 0.25) is 5.02 Å². The molecule has 1 saturated carbocycles. The fourth-order valence-corrected chi connectivity index (χ4v) is 3.02. The molecule has 3 N–H and O–H groups in total. The van der Waals surface area contributed by atoms with Gasteiger partial charge in [-0.2, -0.15) is 0 Å². The van der Waals surface area contributed by atoms with Crippen LogP contribution in [0.5, 0.6) is 0 Å². The zero-order valence-electron chi connectivity index (χ0n) is 13.3. The van der Waals surface area contributed by atoms with Crippen LogP contribution in [0.3, 0.4) is 0 Å². The smallest absolute Gasteiger partial charge is 0.191 e. The molecule has 1 aromatic carbocycles. The molecular weight excluding hydrogens is 298 g/mol. The molecule has 0 aromatic heterocycles. The molecule has 1 aromatic rings. The molecule has 5 heteroatoms. The predicted octanol–water partition coefficient (Wildman–Crippen LogP) is 3.12. The van der Waals surface area contributed by atoms with Gasteiger partial charge >= 0.3 is 0 Å². The second kappa shape index (κ2) is 8.39. The Kier molecular flexibility index (Phi) is 6.52. The van der Waals surface area contributed by atoms with Gasteiger partial charge in [-0.05, 0) is 44.4 Å². The highest BCUT2D eigenvalue weighted by Gasteiger charge is 2.24. The molecule has 0 amide bonds. The fourth-order valence-electron chi connectivity index (χ4n) is 2.82. The Labute approximate surface area is 138 Å². The molecule has 0 heterocycles. The van der Waals surface area contributed by atoms with E-state index >= 15 is 0 Å². The van der Waals surface area contributed by atoms with Crippen molar-refractivity contribution >= 4 is 17.6 Å². The van der Waals surface area contributed by atoms with E-state index in [1.165, 1.54) is 0 Å². The van der Waals surface area contributed by atoms with Crippen LogP contribution >= 0.6 is 11.6 Å². The number of nitrogens with one attached hydrogen (secondary N) is 2. The van der Waals surface area contributed by atoms with Crippen LogP contribution in [0, 0.1) is 5.92 Å². The van der Waals surface area contributed by atoms with E-state index in [4.69, 9.17) is 11.6 Å². The molecule has 4 nitrogen and oxygen atoms in total. The van der Waals surface area contributed by atoms with E-state index in [2.05, 4.69) is 22.5 Å². The Hall–Kier alpha value is -1.26. The quantitative estimate of drug-likeness (QED) is 0.576. The molecule has 0 bridgehead atoms. The van der Waals surface area contributed by atoms with Gasteiger partial charge in [0.15, 0.2) is 5.96 Å². The van der Waals surface area contributed by atoms with Crippen LogP contribution in [0.4, 0.5) is 0 Å². The number of aliphatic hydroxyl groups is 1. The van der Waals surface area contributed by atoms with Gasteiger partial charge in [-0.3, -0.25) is 4.99 Å². The first-order valence-electron chi connectivity index (χ1n) is 8.08. The van der Waals surface area contributed by atoms with Crippen molar-refractivity contribution in [3.63, 3.8) is 0 Å². The molecule has 1 fully saturated rings. The summed E-state index contributed by atoms with van der Waals surface area (Å²) in [6, 6.07) is 7.95. The van der Waals surface area contributed by atoms with Crippen molar-refractivity contribution in [1.82, 2.24) is 10.6 Å². The van der Waals surface area contributed by atoms with Crippen molar-refractivity contribution in [3.05, 3.63) is 34.9 Å². The van der Waals surface area contributed by atoms with E-state index in [0.717, 1.165) is 42.4 Å². The number of halogens is 1. The zero-order valence-corrected chi connectivity index (χ0v) is 14.1. The summed E-state index contributed by atoms with van der Waals surface area (Å²) in [5.74, 6) is 1.08. The molecule has 122 valence electrons. The van der Waals surface area contributed by atoms with Crippen molar-refractivity contribution in [2.24, 2.45) is 10.9 Å². The van der Waals surface area contributed by atoms with E-state index in [0.29, 0.717) is 6.54 Å². The number of hydrogen-bond acceptors (Lipinski definition) is 2. The number of aliphatic hydroxyl groups excluding tert-OH is 1. The average Bonchev–Trinajstić information content (AvgIpc) is 2.90. The van der Waals surface area contributed by atoms with Gasteiger partial charge in [0, 0.05) is 24.0 Å². The van der Waals surface area contributed by atoms with Crippen LogP contribution in [-0.4, -0.2) is 30.3 Å². The maximum atomic E-state index is 9.90. The lowest BCUT2D eigenvalue weighted by molar-refractivity contribution is 0.136. The van der Waals surface area contributed by atoms with Crippen molar-refractivity contribution < 1.29 is 5.11 Å². The van der Waals surface area contributed by atoms with E-state index in [1.807, 2.05) is 31.2 Å². The Morgan fingerprint density at radius 2 is 2.27 bits per heavy atom. The molecule has 0 radical (unpaired) electrons. The van der Waals surface area contributed by atoms with Crippen molar-refractivity contribution in [2.45, 2.75) is 45.3 Å². The second-order valence-corrected chi connectivity index (χ2v) is 6.34. The van der Waals surface area contributed by atoms with Crippen molar-refractivity contribution in [3.8, 4) is 0 Å². The van der Waals surface area contributed by atoms with Gasteiger partial charge in [0.2, 0.25) is 0 Å². The molecule has 3 atom stereocenters. The number of benzene rings is 1. The van der Waals surface area contributed by atoms with E-state index in [1.54, 1.807) is 0 Å². The van der Waals surface area contributed by atoms with E-state index in [9.17, 15) is 5.11 Å². The third-order valence-corrected chi connectivity index (χ3v) is 4.38. The number of aliphatic imine (C=N–C) groups is 1. The maximum Gasteiger partial charge on any atom is 0.191 e. The first kappa shape index (κ1) is 17.1. The Morgan fingerprint density at radius 3 is 2.91 bits per heavy atom. The van der Waals surface area contributed by atoms with E-state index in [-0.39, 0.29) is 18.1 Å². The summed E-state index contributed by atoms with van der Waals surface area (Å²) in [5, 5.41) is 17.3. The molecular formula is C17H26ClN3O. The van der Waals surface area contributed by atoms with Gasteiger partial charge in [0.25, 0.3) is 0 Å². The molecule has 1 aliphatic carbocycles. The summed E-state index contributed by atoms with van der Waals surface area (Å²) < 4.78 is 0. The van der Waals surface area contributed by atoms with Crippen LogP contribution in [-0.2, 0) is 0 Å². The fraction of sp³-hybridized carbons (Fsp3) is 0.588. The Bertz CT molecular complexity index is 506. The van der Waals surface area contributed by atoms with E-state index < -0.39 is 0 Å². The highest BCUT2D eigenvalue weighted by Crippen LogP contribution is 2.25. The first-order valence-corrected chi connectivity index (χ1v) is 8.46. The summed E-state index contributed by atoms with van der Waals surface area (Å²) in [5.41, 5.74) is 1.12. The van der Waals surface area contributed by atoms with Crippen LogP contribution in [0.15, 0.2) is 29.3 Å². The number of rotatable bonds is 5. The predicted molar refractivity (Wildman–Crippen MR) is 92.3 cm³/mol. The molecule has 3 unspecified atom stereocenters. The third-order valence-electron chi connectivity index (χ3n) is 4.15. The zero-order chi connectivity index (χ0) is 15.9. The SMILES string of the molecule is CCNC(=NCC1CCCC1O)NC(C)c1cccc(Cl)c1. The summed E-state index contributed by atoms with van der Waals surface area (Å²) in [6.07, 6.45) is 2.87. The van der Waals surface area contributed by atoms with Crippen LogP contribution < -0.4 is 10.6 Å². The largest absolute Gasteiger partial charge is 0.393 e. The van der Waals surface area contributed by atoms with Crippen LogP contribution in [0.25, 0.3) is 0 Å². The molecule has 22 heavy (non-hydrogen) atoms. The van der Waals surface area contributed by atoms with Gasteiger partial charge in [-0.15, -0.1) is 0 Å². The molecule has 0 aliphatic heterocycles. The minimum absolute atomic E-state index is 0.116. The summed E-state index contributed by atoms with van der Waals surface area (Å²) in [7, 11) is 0. The normalized spacial score (nSPS) is 23.4. The number of hydrogen-bond donors (Lipinski definition) is 3. The Morgan fingerprint density at radius 1 is 1.45 bits per heavy atom. The van der Waals surface area contributed by atoms with Crippen molar-refractivity contribution in [2.75, 3.05) is 13.1 Å². The molecule has 1 aliphatic rings. The lowest BCUT2D eigenvalue weighted by Crippen LogP contribution is -2.39. The number of guanidine groups is 1. The van der Waals surface area contributed by atoms with Gasteiger partial charge in [-0.25, -0.2) is 0 Å². The highest BCUT2D eigenvalue weighted by atomic mass is 35.5. The maximum absolute atomic E-state index is 9.90. The Balaban J connectivity index is 1.98. The second-order valence-electron chi connectivity index (χ2n) is 5.90. The summed E-state index contributed by atoms with van der Waals surface area (Å²) in [4.78, 5) is 4.64. The third kappa shape index (κ3) is 4.89. The lowest BCUT2D eigenvalue weighted by Gasteiger charge is -2.19. The summed E-state index contributed by atoms with van der Waals surface area (Å²) >= 11 is 6.05. The average molecular weight is 324 g/mol. The van der Waals surface area contributed by atoms with Gasteiger partial charge in [-0.1, -0.05) is 30.2 Å². The monoisotopic (exact) mass is 323 g/mol. The van der Waals surface area contributed by atoms with Crippen LogP contribution in [0.1, 0.15) is 44.7 Å². The standard InChI is InChI=1S/C17H26ClN3O/c1-3-19-17(20-11-14-7-5-9-16(14)22)21-12(2)13-6-4-8-15(18)10-13/h4,6,8,10,12,14,16,22H,3,5,7,9,11H2,1-2H3,(H2,19,20,21). The van der Waals surface area contributed by atoms with Gasteiger partial charge in [0.1, 0.15) is 0 Å². The first-order chi connectivity index (χ1) is 10.6. The highest BCUT2D eigenvalue weighted by molar-refractivity contribution is 6.30. The molecule has 2 rings (SSSR count). The minimum Gasteiger partial charge on any atom is -0.393 e.